The SMILES string of the molecule is Cc1cccc(C(O)CNC(C)c2cc3c(s2)SCC(=O)N3)c1. The maximum atomic E-state index is 11.4. The summed E-state index contributed by atoms with van der Waals surface area (Å²) in [6, 6.07) is 10.1. The molecule has 2 heterocycles. The van der Waals surface area contributed by atoms with E-state index < -0.39 is 6.10 Å². The fraction of sp³-hybridized carbons (Fsp3) is 0.353. The normalized spacial score (nSPS) is 16.6. The number of carbonyl (C=O) groups is 1. The van der Waals surface area contributed by atoms with Crippen molar-refractivity contribution in [2.75, 3.05) is 17.6 Å². The van der Waals surface area contributed by atoms with Crippen molar-refractivity contribution in [3.05, 3.63) is 46.3 Å². The van der Waals surface area contributed by atoms with Crippen molar-refractivity contribution < 1.29 is 9.90 Å². The third kappa shape index (κ3) is 3.95. The molecule has 0 bridgehead atoms. The largest absolute Gasteiger partial charge is 0.387 e. The summed E-state index contributed by atoms with van der Waals surface area (Å²) in [6.45, 7) is 4.59. The number of rotatable bonds is 5. The number of nitrogens with one attached hydrogen (secondary N) is 2. The molecule has 23 heavy (non-hydrogen) atoms. The molecule has 0 saturated heterocycles. The summed E-state index contributed by atoms with van der Waals surface area (Å²) < 4.78 is 1.16. The summed E-state index contributed by atoms with van der Waals surface area (Å²) >= 11 is 3.29. The molecule has 1 aromatic heterocycles. The average Bonchev–Trinajstić information content (AvgIpc) is 2.95. The highest BCUT2D eigenvalue weighted by atomic mass is 32.2. The first-order valence-electron chi connectivity index (χ1n) is 7.57. The average molecular weight is 348 g/mol. The van der Waals surface area contributed by atoms with Gasteiger partial charge in [0.1, 0.15) is 0 Å². The van der Waals surface area contributed by atoms with E-state index >= 15 is 0 Å². The zero-order chi connectivity index (χ0) is 16.4. The smallest absolute Gasteiger partial charge is 0.234 e. The van der Waals surface area contributed by atoms with Crippen LogP contribution in [-0.4, -0.2) is 23.3 Å². The van der Waals surface area contributed by atoms with Crippen LogP contribution in [0.15, 0.2) is 34.5 Å². The van der Waals surface area contributed by atoms with Crippen LogP contribution in [-0.2, 0) is 4.79 Å². The van der Waals surface area contributed by atoms with Crippen molar-refractivity contribution in [3.8, 4) is 0 Å². The van der Waals surface area contributed by atoms with Crippen molar-refractivity contribution in [1.82, 2.24) is 5.32 Å². The lowest BCUT2D eigenvalue weighted by Gasteiger charge is -2.16. The number of fused-ring (bicyclic) bond motifs is 1. The molecule has 2 aromatic rings. The Balaban J connectivity index is 1.61. The van der Waals surface area contributed by atoms with Crippen LogP contribution in [0.4, 0.5) is 5.69 Å². The van der Waals surface area contributed by atoms with Gasteiger partial charge >= 0.3 is 0 Å². The van der Waals surface area contributed by atoms with Crippen LogP contribution in [0.2, 0.25) is 0 Å². The van der Waals surface area contributed by atoms with E-state index in [-0.39, 0.29) is 11.9 Å². The molecule has 1 amide bonds. The van der Waals surface area contributed by atoms with Gasteiger partial charge in [0.15, 0.2) is 0 Å². The fourth-order valence-electron chi connectivity index (χ4n) is 2.50. The Bertz CT molecular complexity index is 714. The van der Waals surface area contributed by atoms with E-state index in [0.717, 1.165) is 21.0 Å². The predicted octanol–water partition coefficient (Wildman–Crippen LogP) is 3.48. The number of benzene rings is 1. The minimum absolute atomic E-state index is 0.0577. The number of carbonyl (C=O) groups excluding carboxylic acids is 1. The molecule has 2 atom stereocenters. The van der Waals surface area contributed by atoms with E-state index in [2.05, 4.69) is 17.6 Å². The highest BCUT2D eigenvalue weighted by Gasteiger charge is 2.21. The number of anilines is 1. The van der Waals surface area contributed by atoms with Crippen LogP contribution >= 0.6 is 23.1 Å². The molecule has 1 aliphatic heterocycles. The number of hydrogen-bond acceptors (Lipinski definition) is 5. The van der Waals surface area contributed by atoms with Gasteiger partial charge in [0.25, 0.3) is 0 Å². The summed E-state index contributed by atoms with van der Waals surface area (Å²) in [7, 11) is 0. The molecule has 6 heteroatoms. The fourth-order valence-corrected chi connectivity index (χ4v) is 4.67. The van der Waals surface area contributed by atoms with Gasteiger partial charge in [0.05, 0.1) is 21.8 Å². The molecule has 0 saturated carbocycles. The molecule has 1 aromatic carbocycles. The molecule has 1 aliphatic rings. The summed E-state index contributed by atoms with van der Waals surface area (Å²) in [5.74, 6) is 0.545. The molecule has 2 unspecified atom stereocenters. The van der Waals surface area contributed by atoms with Gasteiger partial charge in [0.2, 0.25) is 5.91 Å². The minimum atomic E-state index is -0.527. The summed E-state index contributed by atoms with van der Waals surface area (Å²) in [4.78, 5) is 12.6. The van der Waals surface area contributed by atoms with Crippen molar-refractivity contribution in [1.29, 1.82) is 0 Å². The standard InChI is InChI=1S/C17H20N2O2S2/c1-10-4-3-5-12(6-10)14(20)8-18-11(2)15-7-13-17(23-15)22-9-16(21)19-13/h3-7,11,14,18,20H,8-9H2,1-2H3,(H,19,21). The van der Waals surface area contributed by atoms with E-state index in [4.69, 9.17) is 0 Å². The summed E-state index contributed by atoms with van der Waals surface area (Å²) in [5.41, 5.74) is 2.99. The van der Waals surface area contributed by atoms with Crippen LogP contribution in [0, 0.1) is 6.92 Å². The van der Waals surface area contributed by atoms with Crippen LogP contribution in [0.5, 0.6) is 0 Å². The lowest BCUT2D eigenvalue weighted by atomic mass is 10.1. The van der Waals surface area contributed by atoms with E-state index in [0.29, 0.717) is 12.3 Å². The molecular formula is C17H20N2O2S2. The second-order valence-corrected chi connectivity index (χ2v) is 8.07. The first-order chi connectivity index (χ1) is 11.0. The third-order valence-corrected chi connectivity index (χ3v) is 6.40. The quantitative estimate of drug-likeness (QED) is 0.774. The zero-order valence-corrected chi connectivity index (χ0v) is 14.8. The van der Waals surface area contributed by atoms with E-state index in [1.807, 2.05) is 37.3 Å². The first kappa shape index (κ1) is 16.5. The number of thiophene rings is 1. The molecule has 0 aliphatic carbocycles. The molecule has 3 rings (SSSR count). The molecular weight excluding hydrogens is 328 g/mol. The van der Waals surface area contributed by atoms with Crippen molar-refractivity contribution >= 4 is 34.7 Å². The Morgan fingerprint density at radius 1 is 1.39 bits per heavy atom. The van der Waals surface area contributed by atoms with Crippen LogP contribution in [0.25, 0.3) is 0 Å². The van der Waals surface area contributed by atoms with Gasteiger partial charge in [-0.15, -0.1) is 23.1 Å². The maximum absolute atomic E-state index is 11.4. The van der Waals surface area contributed by atoms with Crippen molar-refractivity contribution in [3.63, 3.8) is 0 Å². The molecule has 4 nitrogen and oxygen atoms in total. The zero-order valence-electron chi connectivity index (χ0n) is 13.1. The van der Waals surface area contributed by atoms with E-state index in [1.54, 1.807) is 23.1 Å². The first-order valence-corrected chi connectivity index (χ1v) is 9.37. The summed E-state index contributed by atoms with van der Waals surface area (Å²) in [5, 5.41) is 16.6. The van der Waals surface area contributed by atoms with Gasteiger partial charge in [-0.2, -0.15) is 0 Å². The lowest BCUT2D eigenvalue weighted by molar-refractivity contribution is -0.113. The third-order valence-electron chi connectivity index (χ3n) is 3.80. The van der Waals surface area contributed by atoms with Gasteiger partial charge in [-0.25, -0.2) is 0 Å². The number of aryl methyl sites for hydroxylation is 1. The number of aliphatic hydroxyl groups excluding tert-OH is 1. The van der Waals surface area contributed by atoms with E-state index in [9.17, 15) is 9.90 Å². The van der Waals surface area contributed by atoms with Gasteiger partial charge in [-0.1, -0.05) is 29.8 Å². The molecule has 0 fully saturated rings. The Kier molecular flexibility index (Phi) is 5.06. The predicted molar refractivity (Wildman–Crippen MR) is 96.2 cm³/mol. The minimum Gasteiger partial charge on any atom is -0.387 e. The Morgan fingerprint density at radius 2 is 2.22 bits per heavy atom. The molecule has 0 spiro atoms. The number of thioether (sulfide) groups is 1. The molecule has 3 N–H and O–H groups in total. The Morgan fingerprint density at radius 3 is 3.00 bits per heavy atom. The van der Waals surface area contributed by atoms with Crippen LogP contribution < -0.4 is 10.6 Å². The number of aliphatic hydroxyl groups is 1. The second-order valence-electron chi connectivity index (χ2n) is 5.75. The Labute approximate surface area is 144 Å². The molecule has 122 valence electrons. The van der Waals surface area contributed by atoms with Gasteiger partial charge in [0, 0.05) is 17.5 Å². The van der Waals surface area contributed by atoms with Gasteiger partial charge < -0.3 is 15.7 Å². The Hall–Kier alpha value is -1.34. The van der Waals surface area contributed by atoms with Gasteiger partial charge in [-0.3, -0.25) is 4.79 Å². The van der Waals surface area contributed by atoms with E-state index in [1.165, 1.54) is 4.88 Å². The van der Waals surface area contributed by atoms with Crippen molar-refractivity contribution in [2.24, 2.45) is 0 Å². The monoisotopic (exact) mass is 348 g/mol. The lowest BCUT2D eigenvalue weighted by Crippen LogP contribution is -2.24. The topological polar surface area (TPSA) is 61.4 Å². The molecule has 0 radical (unpaired) electrons. The summed E-state index contributed by atoms with van der Waals surface area (Å²) in [6.07, 6.45) is -0.527. The second kappa shape index (κ2) is 7.05. The highest BCUT2D eigenvalue weighted by Crippen LogP contribution is 2.41. The number of amides is 1. The van der Waals surface area contributed by atoms with Crippen LogP contribution in [0.3, 0.4) is 0 Å². The number of hydrogen-bond donors (Lipinski definition) is 3. The van der Waals surface area contributed by atoms with Gasteiger partial charge in [-0.05, 0) is 25.5 Å². The highest BCUT2D eigenvalue weighted by molar-refractivity contribution is 8.02. The maximum Gasteiger partial charge on any atom is 0.234 e. The van der Waals surface area contributed by atoms with Crippen LogP contribution in [0.1, 0.15) is 35.1 Å². The van der Waals surface area contributed by atoms with Crippen molar-refractivity contribution in [2.45, 2.75) is 30.2 Å².